The third-order valence-corrected chi connectivity index (χ3v) is 2.25. The van der Waals surface area contributed by atoms with Gasteiger partial charge in [0.15, 0.2) is 0 Å². The van der Waals surface area contributed by atoms with Crippen LogP contribution in [0.4, 0.5) is 0 Å². The van der Waals surface area contributed by atoms with E-state index in [9.17, 15) is 0 Å². The lowest BCUT2D eigenvalue weighted by atomic mass is 10.4. The number of furan rings is 1. The molecular weight excluding hydrogens is 164 g/mol. The highest BCUT2D eigenvalue weighted by molar-refractivity contribution is 4.97. The molecule has 0 aromatic carbocycles. The summed E-state index contributed by atoms with van der Waals surface area (Å²) in [6.45, 7) is 5.78. The SMILES string of the molecule is c1coc(CNCCCN2CC2)c1. The van der Waals surface area contributed by atoms with Crippen molar-refractivity contribution in [2.45, 2.75) is 13.0 Å². The zero-order valence-corrected chi connectivity index (χ0v) is 7.83. The summed E-state index contributed by atoms with van der Waals surface area (Å²) in [7, 11) is 0. The summed E-state index contributed by atoms with van der Waals surface area (Å²) in [6, 6.07) is 3.92. The van der Waals surface area contributed by atoms with Gasteiger partial charge in [-0.15, -0.1) is 0 Å². The van der Waals surface area contributed by atoms with Gasteiger partial charge in [0.1, 0.15) is 5.76 Å². The van der Waals surface area contributed by atoms with E-state index in [1.54, 1.807) is 6.26 Å². The quantitative estimate of drug-likeness (QED) is 0.524. The normalized spacial score (nSPS) is 16.3. The molecule has 0 bridgehead atoms. The molecular formula is C10H16N2O. The van der Waals surface area contributed by atoms with E-state index in [0.717, 1.165) is 18.8 Å². The van der Waals surface area contributed by atoms with Gasteiger partial charge in [-0.2, -0.15) is 0 Å². The molecule has 1 aliphatic heterocycles. The van der Waals surface area contributed by atoms with Crippen molar-refractivity contribution < 1.29 is 4.42 Å². The summed E-state index contributed by atoms with van der Waals surface area (Å²) in [5.41, 5.74) is 0. The molecule has 3 nitrogen and oxygen atoms in total. The lowest BCUT2D eigenvalue weighted by Gasteiger charge is -2.02. The predicted molar refractivity (Wildman–Crippen MR) is 51.5 cm³/mol. The predicted octanol–water partition coefficient (Wildman–Crippen LogP) is 1.07. The number of nitrogens with zero attached hydrogens (tertiary/aromatic N) is 1. The van der Waals surface area contributed by atoms with E-state index < -0.39 is 0 Å². The molecule has 3 heteroatoms. The second-order valence-electron chi connectivity index (χ2n) is 3.45. The van der Waals surface area contributed by atoms with Gasteiger partial charge in [0.05, 0.1) is 12.8 Å². The minimum absolute atomic E-state index is 0.854. The Morgan fingerprint density at radius 2 is 2.38 bits per heavy atom. The Kier molecular flexibility index (Phi) is 3.00. The first kappa shape index (κ1) is 8.78. The zero-order valence-electron chi connectivity index (χ0n) is 7.83. The van der Waals surface area contributed by atoms with Gasteiger partial charge < -0.3 is 14.6 Å². The van der Waals surface area contributed by atoms with Crippen molar-refractivity contribution in [1.82, 2.24) is 10.2 Å². The minimum atomic E-state index is 0.854. The smallest absolute Gasteiger partial charge is 0.117 e. The molecule has 1 N–H and O–H groups in total. The van der Waals surface area contributed by atoms with E-state index in [1.165, 1.54) is 26.1 Å². The fourth-order valence-electron chi connectivity index (χ4n) is 1.35. The van der Waals surface area contributed by atoms with Crippen molar-refractivity contribution in [3.05, 3.63) is 24.2 Å². The Hall–Kier alpha value is -0.800. The maximum absolute atomic E-state index is 5.20. The van der Waals surface area contributed by atoms with Gasteiger partial charge in [-0.3, -0.25) is 0 Å². The number of hydrogen-bond acceptors (Lipinski definition) is 3. The third kappa shape index (κ3) is 3.20. The summed E-state index contributed by atoms with van der Waals surface area (Å²) in [5, 5.41) is 3.35. The molecule has 0 aliphatic carbocycles. The monoisotopic (exact) mass is 180 g/mol. The van der Waals surface area contributed by atoms with Crippen LogP contribution in [0.1, 0.15) is 12.2 Å². The minimum Gasteiger partial charge on any atom is -0.468 e. The Balaban J connectivity index is 1.48. The van der Waals surface area contributed by atoms with Gasteiger partial charge in [0.2, 0.25) is 0 Å². The van der Waals surface area contributed by atoms with Crippen LogP contribution in [-0.2, 0) is 6.54 Å². The highest BCUT2D eigenvalue weighted by Crippen LogP contribution is 2.03. The van der Waals surface area contributed by atoms with Crippen LogP contribution in [0.25, 0.3) is 0 Å². The van der Waals surface area contributed by atoms with Crippen molar-refractivity contribution in [3.8, 4) is 0 Å². The topological polar surface area (TPSA) is 28.2 Å². The number of rotatable bonds is 6. The largest absolute Gasteiger partial charge is 0.468 e. The lowest BCUT2D eigenvalue weighted by Crippen LogP contribution is -2.17. The van der Waals surface area contributed by atoms with Gasteiger partial charge in [0, 0.05) is 13.1 Å². The van der Waals surface area contributed by atoms with Crippen LogP contribution in [-0.4, -0.2) is 31.1 Å². The fourth-order valence-corrected chi connectivity index (χ4v) is 1.35. The van der Waals surface area contributed by atoms with Gasteiger partial charge in [-0.05, 0) is 31.6 Å². The van der Waals surface area contributed by atoms with Crippen LogP contribution in [0, 0.1) is 0 Å². The van der Waals surface area contributed by atoms with Crippen molar-refractivity contribution in [2.75, 3.05) is 26.2 Å². The van der Waals surface area contributed by atoms with E-state index in [2.05, 4.69) is 10.2 Å². The average Bonchev–Trinajstić information content (AvgIpc) is 2.81. The van der Waals surface area contributed by atoms with Gasteiger partial charge >= 0.3 is 0 Å². The molecule has 0 spiro atoms. The van der Waals surface area contributed by atoms with E-state index in [0.29, 0.717) is 0 Å². The molecule has 1 fully saturated rings. The van der Waals surface area contributed by atoms with E-state index >= 15 is 0 Å². The Morgan fingerprint density at radius 1 is 1.46 bits per heavy atom. The van der Waals surface area contributed by atoms with Crippen molar-refractivity contribution in [1.29, 1.82) is 0 Å². The zero-order chi connectivity index (χ0) is 8.93. The van der Waals surface area contributed by atoms with Crippen LogP contribution in [0.2, 0.25) is 0 Å². The van der Waals surface area contributed by atoms with Crippen molar-refractivity contribution in [3.63, 3.8) is 0 Å². The van der Waals surface area contributed by atoms with Crippen LogP contribution in [0.15, 0.2) is 22.8 Å². The molecule has 0 saturated carbocycles. The van der Waals surface area contributed by atoms with Crippen LogP contribution >= 0.6 is 0 Å². The number of nitrogens with one attached hydrogen (secondary N) is 1. The van der Waals surface area contributed by atoms with Gasteiger partial charge in [-0.1, -0.05) is 0 Å². The molecule has 2 rings (SSSR count). The molecule has 72 valence electrons. The van der Waals surface area contributed by atoms with Gasteiger partial charge in [-0.25, -0.2) is 0 Å². The first-order valence-corrected chi connectivity index (χ1v) is 4.90. The molecule has 0 amide bonds. The average molecular weight is 180 g/mol. The van der Waals surface area contributed by atoms with Crippen LogP contribution in [0.3, 0.4) is 0 Å². The highest BCUT2D eigenvalue weighted by atomic mass is 16.3. The van der Waals surface area contributed by atoms with E-state index in [4.69, 9.17) is 4.42 Å². The number of hydrogen-bond donors (Lipinski definition) is 1. The fraction of sp³-hybridized carbons (Fsp3) is 0.600. The summed E-state index contributed by atoms with van der Waals surface area (Å²) in [5.74, 6) is 1.02. The van der Waals surface area contributed by atoms with Crippen molar-refractivity contribution >= 4 is 0 Å². The Bertz CT molecular complexity index is 229. The van der Waals surface area contributed by atoms with Crippen LogP contribution < -0.4 is 5.32 Å². The van der Waals surface area contributed by atoms with Crippen LogP contribution in [0.5, 0.6) is 0 Å². The molecule has 13 heavy (non-hydrogen) atoms. The molecule has 1 saturated heterocycles. The molecule has 2 heterocycles. The second kappa shape index (κ2) is 4.44. The first-order chi connectivity index (χ1) is 6.45. The molecule has 0 radical (unpaired) electrons. The molecule has 1 aliphatic rings. The van der Waals surface area contributed by atoms with E-state index in [-0.39, 0.29) is 0 Å². The second-order valence-corrected chi connectivity index (χ2v) is 3.45. The van der Waals surface area contributed by atoms with E-state index in [1.807, 2.05) is 12.1 Å². The molecule has 0 atom stereocenters. The molecule has 1 aromatic heterocycles. The summed E-state index contributed by atoms with van der Waals surface area (Å²) < 4.78 is 5.20. The maximum Gasteiger partial charge on any atom is 0.117 e. The van der Waals surface area contributed by atoms with Gasteiger partial charge in [0.25, 0.3) is 0 Å². The third-order valence-electron chi connectivity index (χ3n) is 2.25. The standard InChI is InChI=1S/C10H16N2O/c1-3-10(13-8-1)9-11-4-2-5-12-6-7-12/h1,3,8,11H,2,4-7,9H2. The maximum atomic E-state index is 5.20. The first-order valence-electron chi connectivity index (χ1n) is 4.90. The lowest BCUT2D eigenvalue weighted by molar-refractivity contribution is 0.466. The Labute approximate surface area is 78.7 Å². The summed E-state index contributed by atoms with van der Waals surface area (Å²) >= 11 is 0. The molecule has 1 aromatic rings. The highest BCUT2D eigenvalue weighted by Gasteiger charge is 2.14. The summed E-state index contributed by atoms with van der Waals surface area (Å²) in [6.07, 6.45) is 2.95. The Morgan fingerprint density at radius 3 is 3.08 bits per heavy atom. The van der Waals surface area contributed by atoms with Crippen molar-refractivity contribution in [2.24, 2.45) is 0 Å². The summed E-state index contributed by atoms with van der Waals surface area (Å²) in [4.78, 5) is 2.44. The molecule has 0 unspecified atom stereocenters.